The molecule has 3 aromatic heterocycles. The molecule has 0 amide bonds. The molecule has 3 nitrogen and oxygen atoms in total. The summed E-state index contributed by atoms with van der Waals surface area (Å²) in [5.74, 6) is 0. The molecule has 0 saturated carbocycles. The number of aromatic nitrogens is 3. The lowest BCUT2D eigenvalue weighted by Gasteiger charge is -2.15. The van der Waals surface area contributed by atoms with E-state index in [4.69, 9.17) is 9.97 Å². The van der Waals surface area contributed by atoms with Crippen molar-refractivity contribution in [1.29, 1.82) is 0 Å². The van der Waals surface area contributed by atoms with Crippen LogP contribution in [0.15, 0.2) is 164 Å². The van der Waals surface area contributed by atoms with Crippen molar-refractivity contribution in [2.45, 2.75) is 0 Å². The topological polar surface area (TPSA) is 30.7 Å². The van der Waals surface area contributed by atoms with Crippen LogP contribution in [0.3, 0.4) is 0 Å². The quantitative estimate of drug-likeness (QED) is 0.181. The second-order valence-corrected chi connectivity index (χ2v) is 13.2. The highest BCUT2D eigenvalue weighted by molar-refractivity contribution is 7.21. The molecule has 10 aromatic rings. The van der Waals surface area contributed by atoms with E-state index in [0.29, 0.717) is 0 Å². The van der Waals surface area contributed by atoms with Gasteiger partial charge in [0.1, 0.15) is 5.01 Å². The molecule has 0 atom stereocenters. The molecular weight excluding hydrogens is 603 g/mol. The molecular formula is C44H27N3S. The van der Waals surface area contributed by atoms with Crippen LogP contribution in [0.25, 0.3) is 92.3 Å². The number of hydrogen-bond acceptors (Lipinski definition) is 3. The summed E-state index contributed by atoms with van der Waals surface area (Å²) in [6, 6.07) is 58.4. The van der Waals surface area contributed by atoms with Crippen LogP contribution in [-0.2, 0) is 0 Å². The monoisotopic (exact) mass is 629 g/mol. The molecule has 0 radical (unpaired) electrons. The maximum atomic E-state index is 5.38. The van der Waals surface area contributed by atoms with Gasteiger partial charge in [-0.25, -0.2) is 9.97 Å². The van der Waals surface area contributed by atoms with Crippen LogP contribution in [-0.4, -0.2) is 14.5 Å². The molecule has 3 heterocycles. The van der Waals surface area contributed by atoms with Crippen LogP contribution in [0.4, 0.5) is 0 Å². The SMILES string of the molecule is c1ccc(-n2c3ccccc3c3ccc4c5ccccc5nc(-c5ccc(-c6ccc(-c7nc8ccccc8s7)cc6)cc5)c4c32)cc1. The van der Waals surface area contributed by atoms with Gasteiger partial charge >= 0.3 is 0 Å². The van der Waals surface area contributed by atoms with Gasteiger partial charge in [0.05, 0.1) is 32.5 Å². The number of rotatable bonds is 4. The first-order chi connectivity index (χ1) is 23.8. The normalized spacial score (nSPS) is 11.8. The molecule has 10 rings (SSSR count). The first-order valence-corrected chi connectivity index (χ1v) is 17.0. The average molecular weight is 630 g/mol. The standard InChI is InChI=1S/C44H27N3S/c1-2-10-32(11-3-1)47-39-16-8-5-13-34(39)36-27-26-35-33-12-4-6-14-37(33)45-42(41(35)43(36)47)30-22-18-28(19-23-30)29-20-24-31(25-21-29)44-46-38-15-7-9-17-40(38)48-44/h1-27H. The number of thiazole rings is 1. The van der Waals surface area contributed by atoms with E-state index >= 15 is 0 Å². The maximum Gasteiger partial charge on any atom is 0.124 e. The van der Waals surface area contributed by atoms with Crippen LogP contribution < -0.4 is 0 Å². The average Bonchev–Trinajstić information content (AvgIpc) is 3.75. The summed E-state index contributed by atoms with van der Waals surface area (Å²) in [5, 5.41) is 7.04. The second kappa shape index (κ2) is 10.7. The van der Waals surface area contributed by atoms with E-state index < -0.39 is 0 Å². The summed E-state index contributed by atoms with van der Waals surface area (Å²) in [7, 11) is 0. The van der Waals surface area contributed by atoms with Crippen molar-refractivity contribution in [2.24, 2.45) is 0 Å². The third-order valence-electron chi connectivity index (χ3n) is 9.43. The minimum Gasteiger partial charge on any atom is -0.309 e. The molecule has 0 bridgehead atoms. The predicted octanol–water partition coefficient (Wildman–Crippen LogP) is 12.1. The van der Waals surface area contributed by atoms with Gasteiger partial charge in [-0.1, -0.05) is 127 Å². The minimum atomic E-state index is 0.993. The highest BCUT2D eigenvalue weighted by atomic mass is 32.1. The van der Waals surface area contributed by atoms with Gasteiger partial charge in [-0.2, -0.15) is 0 Å². The Labute approximate surface area is 281 Å². The molecule has 0 fully saturated rings. The van der Waals surface area contributed by atoms with E-state index in [9.17, 15) is 0 Å². The summed E-state index contributed by atoms with van der Waals surface area (Å²) in [6.45, 7) is 0. The molecule has 0 unspecified atom stereocenters. The predicted molar refractivity (Wildman–Crippen MR) is 203 cm³/mol. The van der Waals surface area contributed by atoms with Crippen molar-refractivity contribution in [2.75, 3.05) is 0 Å². The number of para-hydroxylation sites is 4. The van der Waals surface area contributed by atoms with Gasteiger partial charge in [-0.15, -0.1) is 11.3 Å². The van der Waals surface area contributed by atoms with E-state index in [0.717, 1.165) is 43.9 Å². The van der Waals surface area contributed by atoms with E-state index in [2.05, 4.69) is 162 Å². The third-order valence-corrected chi connectivity index (χ3v) is 10.5. The van der Waals surface area contributed by atoms with Crippen LogP contribution in [0, 0.1) is 0 Å². The zero-order chi connectivity index (χ0) is 31.6. The molecule has 0 aliphatic rings. The fraction of sp³-hybridized carbons (Fsp3) is 0. The third kappa shape index (κ3) is 4.20. The summed E-state index contributed by atoms with van der Waals surface area (Å²) >= 11 is 1.73. The van der Waals surface area contributed by atoms with Crippen molar-refractivity contribution in [3.05, 3.63) is 164 Å². The van der Waals surface area contributed by atoms with Crippen molar-refractivity contribution in [1.82, 2.24) is 14.5 Å². The van der Waals surface area contributed by atoms with Gasteiger partial charge in [0.15, 0.2) is 0 Å². The van der Waals surface area contributed by atoms with Crippen molar-refractivity contribution < 1.29 is 0 Å². The van der Waals surface area contributed by atoms with Crippen molar-refractivity contribution in [3.8, 4) is 38.6 Å². The fourth-order valence-electron chi connectivity index (χ4n) is 7.17. The Kier molecular flexibility index (Phi) is 6.05. The lowest BCUT2D eigenvalue weighted by molar-refractivity contribution is 1.19. The lowest BCUT2D eigenvalue weighted by Crippen LogP contribution is -1.97. The van der Waals surface area contributed by atoms with Gasteiger partial charge in [0.25, 0.3) is 0 Å². The Morgan fingerprint density at radius 1 is 0.417 bits per heavy atom. The zero-order valence-electron chi connectivity index (χ0n) is 25.8. The molecule has 0 aliphatic heterocycles. The lowest BCUT2D eigenvalue weighted by atomic mass is 9.96. The number of benzene rings is 7. The molecule has 0 aliphatic carbocycles. The van der Waals surface area contributed by atoms with E-state index in [-0.39, 0.29) is 0 Å². The Morgan fingerprint density at radius 3 is 1.79 bits per heavy atom. The molecule has 0 saturated heterocycles. The second-order valence-electron chi connectivity index (χ2n) is 12.2. The van der Waals surface area contributed by atoms with Crippen molar-refractivity contribution in [3.63, 3.8) is 0 Å². The number of pyridine rings is 1. The highest BCUT2D eigenvalue weighted by Gasteiger charge is 2.20. The number of nitrogens with zero attached hydrogens (tertiary/aromatic N) is 3. The van der Waals surface area contributed by atoms with E-state index in [1.807, 2.05) is 6.07 Å². The van der Waals surface area contributed by atoms with Gasteiger partial charge < -0.3 is 4.57 Å². The fourth-order valence-corrected chi connectivity index (χ4v) is 8.14. The molecule has 224 valence electrons. The van der Waals surface area contributed by atoms with Gasteiger partial charge in [0, 0.05) is 38.4 Å². The van der Waals surface area contributed by atoms with Gasteiger partial charge in [-0.05, 0) is 52.9 Å². The highest BCUT2D eigenvalue weighted by Crippen LogP contribution is 2.42. The summed E-state index contributed by atoms with van der Waals surface area (Å²) in [4.78, 5) is 10.2. The van der Waals surface area contributed by atoms with E-state index in [1.54, 1.807) is 11.3 Å². The van der Waals surface area contributed by atoms with Crippen LogP contribution >= 0.6 is 11.3 Å². The first-order valence-electron chi connectivity index (χ1n) is 16.2. The Bertz CT molecular complexity index is 2780. The van der Waals surface area contributed by atoms with Gasteiger partial charge in [0.2, 0.25) is 0 Å². The summed E-state index contributed by atoms with van der Waals surface area (Å²) in [6.07, 6.45) is 0. The first kappa shape index (κ1) is 27.1. The van der Waals surface area contributed by atoms with E-state index in [1.165, 1.54) is 48.4 Å². The largest absolute Gasteiger partial charge is 0.309 e. The minimum absolute atomic E-state index is 0.993. The van der Waals surface area contributed by atoms with Crippen LogP contribution in [0.5, 0.6) is 0 Å². The molecule has 0 N–H and O–H groups in total. The summed E-state index contributed by atoms with van der Waals surface area (Å²) < 4.78 is 3.62. The Morgan fingerprint density at radius 2 is 1.02 bits per heavy atom. The Balaban J connectivity index is 1.15. The number of fused-ring (bicyclic) bond motifs is 8. The van der Waals surface area contributed by atoms with Crippen LogP contribution in [0.2, 0.25) is 0 Å². The zero-order valence-corrected chi connectivity index (χ0v) is 26.7. The Hall–Kier alpha value is -6.10. The summed E-state index contributed by atoms with van der Waals surface area (Å²) in [5.41, 5.74) is 11.1. The molecule has 7 aromatic carbocycles. The van der Waals surface area contributed by atoms with Crippen molar-refractivity contribution >= 4 is 65.0 Å². The molecule has 0 spiro atoms. The maximum absolute atomic E-state index is 5.38. The van der Waals surface area contributed by atoms with Gasteiger partial charge in [-0.3, -0.25) is 0 Å². The smallest absolute Gasteiger partial charge is 0.124 e. The number of hydrogen-bond donors (Lipinski definition) is 0. The van der Waals surface area contributed by atoms with Crippen LogP contribution in [0.1, 0.15) is 0 Å². The molecule has 48 heavy (non-hydrogen) atoms. The molecule has 4 heteroatoms.